The van der Waals surface area contributed by atoms with Gasteiger partial charge in [-0.2, -0.15) is 5.26 Å². The van der Waals surface area contributed by atoms with Crippen molar-refractivity contribution in [3.8, 4) is 23.1 Å². The molecule has 164 valence electrons. The third-order valence-electron chi connectivity index (χ3n) is 6.70. The first-order valence-electron chi connectivity index (χ1n) is 11.5. The van der Waals surface area contributed by atoms with Crippen LogP contribution in [-0.4, -0.2) is 24.0 Å². The van der Waals surface area contributed by atoms with Gasteiger partial charge in [0.1, 0.15) is 17.5 Å². The molecule has 1 atom stereocenters. The average molecular weight is 426 g/mol. The topological polar surface area (TPSA) is 49.1 Å². The summed E-state index contributed by atoms with van der Waals surface area (Å²) in [6.45, 7) is 4.93. The Kier molecular flexibility index (Phi) is 6.58. The van der Waals surface area contributed by atoms with Crippen molar-refractivity contribution in [3.05, 3.63) is 82.0 Å². The van der Waals surface area contributed by atoms with Crippen LogP contribution in [0.5, 0.6) is 5.75 Å². The minimum atomic E-state index is 0.342. The number of hydrogen-bond acceptors (Lipinski definition) is 4. The van der Waals surface area contributed by atoms with Crippen molar-refractivity contribution in [3.63, 3.8) is 0 Å². The van der Waals surface area contributed by atoms with E-state index in [2.05, 4.69) is 74.3 Å². The highest BCUT2D eigenvalue weighted by Gasteiger charge is 2.27. The first-order chi connectivity index (χ1) is 15.6. The fraction of sp³-hybridized carbons (Fsp3) is 0.357. The molecule has 0 aliphatic heterocycles. The number of aryl methyl sites for hydroxylation is 3. The van der Waals surface area contributed by atoms with E-state index in [9.17, 15) is 5.26 Å². The molecule has 3 aromatic rings. The van der Waals surface area contributed by atoms with Gasteiger partial charge in [0.15, 0.2) is 0 Å². The summed E-state index contributed by atoms with van der Waals surface area (Å²) in [5.74, 6) is 0.734. The summed E-state index contributed by atoms with van der Waals surface area (Å²) in [6.07, 6.45) is 4.02. The van der Waals surface area contributed by atoms with Crippen LogP contribution in [0.25, 0.3) is 11.3 Å². The third-order valence-corrected chi connectivity index (χ3v) is 6.70. The van der Waals surface area contributed by atoms with Crippen molar-refractivity contribution >= 4 is 0 Å². The largest absolute Gasteiger partial charge is 0.496 e. The number of rotatable bonds is 7. The van der Waals surface area contributed by atoms with Gasteiger partial charge in [0, 0.05) is 29.8 Å². The molecule has 1 aliphatic carbocycles. The van der Waals surface area contributed by atoms with E-state index in [-0.39, 0.29) is 0 Å². The number of methoxy groups -OCH3 is 1. The maximum absolute atomic E-state index is 10.0. The second-order valence-electron chi connectivity index (χ2n) is 8.48. The van der Waals surface area contributed by atoms with Crippen molar-refractivity contribution in [2.75, 3.05) is 14.2 Å². The van der Waals surface area contributed by atoms with Gasteiger partial charge in [0.2, 0.25) is 0 Å². The van der Waals surface area contributed by atoms with Crippen molar-refractivity contribution in [2.24, 2.45) is 0 Å². The van der Waals surface area contributed by atoms with Crippen molar-refractivity contribution in [2.45, 2.75) is 52.1 Å². The summed E-state index contributed by atoms with van der Waals surface area (Å²) < 4.78 is 5.81. The highest BCUT2D eigenvalue weighted by atomic mass is 16.5. The van der Waals surface area contributed by atoms with Crippen LogP contribution in [0.15, 0.2) is 48.5 Å². The molecule has 4 rings (SSSR count). The minimum absolute atomic E-state index is 0.342. The molecule has 0 radical (unpaired) electrons. The summed E-state index contributed by atoms with van der Waals surface area (Å²) >= 11 is 0. The molecule has 4 heteroatoms. The Hall–Kier alpha value is -3.16. The normalized spacial score (nSPS) is 14.9. The molecule has 32 heavy (non-hydrogen) atoms. The van der Waals surface area contributed by atoms with Gasteiger partial charge in [-0.1, -0.05) is 56.3 Å². The van der Waals surface area contributed by atoms with E-state index in [1.807, 2.05) is 6.07 Å². The predicted octanol–water partition coefficient (Wildman–Crippen LogP) is 5.87. The number of ether oxygens (including phenoxy) is 1. The smallest absolute Gasteiger partial charge is 0.149 e. The SMILES string of the molecule is CCc1cccc(CC)c1-c1cc(OC)c(CN(C)C2CCc3ccccc32)c(C#N)n1. The van der Waals surface area contributed by atoms with Crippen LogP contribution in [0.1, 0.15) is 59.8 Å². The number of hydrogen-bond donors (Lipinski definition) is 0. The summed E-state index contributed by atoms with van der Waals surface area (Å²) in [7, 11) is 3.81. The summed E-state index contributed by atoms with van der Waals surface area (Å²) in [5, 5.41) is 10.0. The Morgan fingerprint density at radius 2 is 1.81 bits per heavy atom. The first-order valence-corrected chi connectivity index (χ1v) is 11.5. The van der Waals surface area contributed by atoms with Crippen molar-refractivity contribution < 1.29 is 4.74 Å². The minimum Gasteiger partial charge on any atom is -0.496 e. The molecule has 2 aromatic carbocycles. The van der Waals surface area contributed by atoms with Gasteiger partial charge < -0.3 is 4.74 Å². The number of aromatic nitrogens is 1. The van der Waals surface area contributed by atoms with Crippen LogP contribution in [0.2, 0.25) is 0 Å². The highest BCUT2D eigenvalue weighted by molar-refractivity contribution is 5.70. The molecule has 1 heterocycles. The van der Waals surface area contributed by atoms with E-state index in [0.29, 0.717) is 18.3 Å². The molecule has 1 aromatic heterocycles. The zero-order chi connectivity index (χ0) is 22.7. The summed E-state index contributed by atoms with van der Waals surface area (Å²) in [5.41, 5.74) is 8.57. The van der Waals surface area contributed by atoms with E-state index in [4.69, 9.17) is 9.72 Å². The Morgan fingerprint density at radius 3 is 2.47 bits per heavy atom. The zero-order valence-electron chi connectivity index (χ0n) is 19.5. The lowest BCUT2D eigenvalue weighted by atomic mass is 9.94. The fourth-order valence-corrected chi connectivity index (χ4v) is 5.03. The fourth-order valence-electron chi connectivity index (χ4n) is 5.03. The van der Waals surface area contributed by atoms with Crippen LogP contribution in [0.3, 0.4) is 0 Å². The van der Waals surface area contributed by atoms with Gasteiger partial charge in [-0.15, -0.1) is 0 Å². The van der Waals surface area contributed by atoms with Gasteiger partial charge in [-0.05, 0) is 55.0 Å². The van der Waals surface area contributed by atoms with Crippen LogP contribution in [0.4, 0.5) is 0 Å². The number of pyridine rings is 1. The van der Waals surface area contributed by atoms with E-state index < -0.39 is 0 Å². The summed E-state index contributed by atoms with van der Waals surface area (Å²) in [6, 6.07) is 19.8. The molecule has 1 unspecified atom stereocenters. The second kappa shape index (κ2) is 9.54. The van der Waals surface area contributed by atoms with Crippen LogP contribution in [-0.2, 0) is 25.8 Å². The Balaban J connectivity index is 1.74. The van der Waals surface area contributed by atoms with Gasteiger partial charge in [-0.3, -0.25) is 4.90 Å². The highest BCUT2D eigenvalue weighted by Crippen LogP contribution is 2.38. The maximum Gasteiger partial charge on any atom is 0.149 e. The standard InChI is InChI=1S/C28H31N3O/c1-5-19-11-9-12-20(6-2)28(19)24-16-27(32-4)23(25(17-29)30-24)18-31(3)26-15-14-21-10-7-8-13-22(21)26/h7-13,16,26H,5-6,14-15,18H2,1-4H3. The van der Waals surface area contributed by atoms with Crippen LogP contribution >= 0.6 is 0 Å². The third kappa shape index (κ3) is 4.01. The average Bonchev–Trinajstić information content (AvgIpc) is 3.27. The van der Waals surface area contributed by atoms with Crippen LogP contribution < -0.4 is 4.74 Å². The molecule has 1 aliphatic rings. The van der Waals surface area contributed by atoms with Gasteiger partial charge in [-0.25, -0.2) is 4.98 Å². The van der Waals surface area contributed by atoms with Crippen LogP contribution in [0, 0.1) is 11.3 Å². The molecule has 0 bridgehead atoms. The first kappa shape index (κ1) is 22.0. The van der Waals surface area contributed by atoms with Gasteiger partial charge >= 0.3 is 0 Å². The zero-order valence-corrected chi connectivity index (χ0v) is 19.5. The predicted molar refractivity (Wildman–Crippen MR) is 129 cm³/mol. The number of benzene rings is 2. The summed E-state index contributed by atoms with van der Waals surface area (Å²) in [4.78, 5) is 7.17. The number of nitriles is 1. The molecule has 0 fully saturated rings. The molecular weight excluding hydrogens is 394 g/mol. The number of fused-ring (bicyclic) bond motifs is 1. The van der Waals surface area contributed by atoms with E-state index in [0.717, 1.165) is 48.3 Å². The Morgan fingerprint density at radius 1 is 1.09 bits per heavy atom. The Labute approximate surface area is 191 Å². The number of nitrogens with zero attached hydrogens (tertiary/aromatic N) is 3. The van der Waals surface area contributed by atoms with E-state index in [1.165, 1.54) is 22.3 Å². The lowest BCUT2D eigenvalue weighted by Crippen LogP contribution is -2.23. The van der Waals surface area contributed by atoms with E-state index in [1.54, 1.807) is 7.11 Å². The monoisotopic (exact) mass is 425 g/mol. The van der Waals surface area contributed by atoms with Crippen molar-refractivity contribution in [1.82, 2.24) is 9.88 Å². The molecule has 4 nitrogen and oxygen atoms in total. The van der Waals surface area contributed by atoms with Gasteiger partial charge in [0.25, 0.3) is 0 Å². The maximum atomic E-state index is 10.0. The molecule has 0 saturated carbocycles. The molecule has 0 N–H and O–H groups in total. The van der Waals surface area contributed by atoms with Crippen molar-refractivity contribution in [1.29, 1.82) is 5.26 Å². The molecule has 0 amide bonds. The molecular formula is C28H31N3O. The molecule has 0 saturated heterocycles. The van der Waals surface area contributed by atoms with Gasteiger partial charge in [0.05, 0.1) is 12.8 Å². The van der Waals surface area contributed by atoms with E-state index >= 15 is 0 Å². The lowest BCUT2D eigenvalue weighted by molar-refractivity contribution is 0.232. The second-order valence-corrected chi connectivity index (χ2v) is 8.48. The lowest BCUT2D eigenvalue weighted by Gasteiger charge is -2.26. The Bertz CT molecular complexity index is 1140. The molecule has 0 spiro atoms. The quantitative estimate of drug-likeness (QED) is 0.475.